The fourth-order valence-corrected chi connectivity index (χ4v) is 36.8. The summed E-state index contributed by atoms with van der Waals surface area (Å²) in [6, 6.07) is 10.5. The van der Waals surface area contributed by atoms with Gasteiger partial charge >= 0.3 is 0 Å². The summed E-state index contributed by atoms with van der Waals surface area (Å²) in [5.74, 6) is 22.0. The average molecular weight is 1370 g/mol. The van der Waals surface area contributed by atoms with Gasteiger partial charge in [0.15, 0.2) is 0 Å². The van der Waals surface area contributed by atoms with E-state index in [1.54, 1.807) is 398 Å². The normalized spacial score (nSPS) is 52.7. The largest absolute Gasteiger partial charge is 0.294 e. The van der Waals surface area contributed by atoms with E-state index < -0.39 is 0 Å². The van der Waals surface area contributed by atoms with E-state index in [0.717, 1.165) is 203 Å². The molecule has 0 aromatic rings. The lowest BCUT2D eigenvalue weighted by atomic mass is 9.43. The molecule has 0 spiro atoms. The van der Waals surface area contributed by atoms with Gasteiger partial charge < -0.3 is 0 Å². The summed E-state index contributed by atoms with van der Waals surface area (Å²) in [7, 11) is 0. The van der Waals surface area contributed by atoms with Crippen molar-refractivity contribution in [3.05, 3.63) is 0 Å². The molecule has 0 amide bonds. The highest BCUT2D eigenvalue weighted by Gasteiger charge is 2.67. The lowest BCUT2D eigenvalue weighted by Crippen LogP contribution is -2.74. The number of fused-ring (bicyclic) bond motifs is 8. The van der Waals surface area contributed by atoms with Crippen LogP contribution >= 0.6 is 0 Å². The lowest BCUT2D eigenvalue weighted by molar-refractivity contribution is -0.213. The maximum Gasteiger partial charge on any atom is 0.0147 e. The Morgan fingerprint density at radius 2 is 0.250 bits per heavy atom. The number of nitrogens with zero attached hydrogens (tertiary/aromatic N) is 4. The summed E-state index contributed by atoms with van der Waals surface area (Å²) in [4.78, 5) is 15.6. The summed E-state index contributed by atoms with van der Waals surface area (Å²) >= 11 is 0. The van der Waals surface area contributed by atoms with Crippen molar-refractivity contribution in [3.63, 3.8) is 0 Å². The quantitative estimate of drug-likeness (QED) is 0.193. The Bertz CT molecular complexity index is 2150. The molecule has 0 heterocycles. The van der Waals surface area contributed by atoms with E-state index in [9.17, 15) is 0 Å². The minimum atomic E-state index is 0.845. The van der Waals surface area contributed by atoms with Gasteiger partial charge in [0.1, 0.15) is 0 Å². The molecule has 20 aliphatic carbocycles. The molecule has 4 nitrogen and oxygen atoms in total. The maximum absolute atomic E-state index is 3.90. The molecule has 0 aromatic heterocycles. The molecule has 562 valence electrons. The summed E-state index contributed by atoms with van der Waals surface area (Å²) in [6.45, 7) is 0. The molecule has 32 unspecified atom stereocenters. The van der Waals surface area contributed by atoms with Gasteiger partial charge in [0.2, 0.25) is 0 Å². The van der Waals surface area contributed by atoms with Crippen LogP contribution in [0.15, 0.2) is 0 Å². The Hall–Kier alpha value is -0.160. The van der Waals surface area contributed by atoms with E-state index in [1.807, 2.05) is 0 Å². The third-order valence-corrected chi connectivity index (χ3v) is 39.9. The van der Waals surface area contributed by atoms with Gasteiger partial charge in [0.25, 0.3) is 0 Å². The van der Waals surface area contributed by atoms with Gasteiger partial charge in [0, 0.05) is 72.5 Å². The van der Waals surface area contributed by atoms with Crippen LogP contribution < -0.4 is 0 Å². The second kappa shape index (κ2) is 30.6. The Morgan fingerprint density at radius 1 is 0.110 bits per heavy atom. The van der Waals surface area contributed by atoms with Crippen molar-refractivity contribution in [1.29, 1.82) is 0 Å². The van der Waals surface area contributed by atoms with Gasteiger partial charge in [-0.25, -0.2) is 0 Å². The molecule has 0 aliphatic heterocycles. The monoisotopic (exact) mass is 1370 g/mol. The van der Waals surface area contributed by atoms with E-state index in [1.165, 1.54) is 0 Å². The minimum absolute atomic E-state index is 0.845. The van der Waals surface area contributed by atoms with Gasteiger partial charge in [-0.1, -0.05) is 257 Å². The fraction of sp³-hybridized carbons (Fsp3) is 1.00. The molecule has 4 heteroatoms. The topological polar surface area (TPSA) is 13.0 Å². The SMILES string of the molecule is C1CCC2C(C1)CCCC2N(C1CCCC2CCCCC21)C1CC(N(C2CCCC3CCCCC32)C2CCCC3CCCCC32)C2CCC3C4C(CCC1C24)C(N(C1CCCC2CCCCC21)C1CCCC2CCCCC21)CC3N(C1CCCC2CCCCC21)C1CCCC2CCCCC21. The fourth-order valence-electron chi connectivity index (χ4n) is 36.8. The lowest BCUT2D eigenvalue weighted by Gasteiger charge is -2.71. The third kappa shape index (κ3) is 12.6. The van der Waals surface area contributed by atoms with Crippen LogP contribution in [0.25, 0.3) is 0 Å². The Morgan fingerprint density at radius 3 is 0.410 bits per heavy atom. The van der Waals surface area contributed by atoms with Crippen LogP contribution in [-0.4, -0.2) is 92.1 Å². The molecule has 0 N–H and O–H groups in total. The van der Waals surface area contributed by atoms with Gasteiger partial charge in [-0.2, -0.15) is 0 Å². The highest BCUT2D eigenvalue weighted by Crippen LogP contribution is 2.68. The van der Waals surface area contributed by atoms with Crippen molar-refractivity contribution < 1.29 is 0 Å². The van der Waals surface area contributed by atoms with Gasteiger partial charge in [-0.3, -0.25) is 19.6 Å². The highest BCUT2D eigenvalue weighted by atomic mass is 15.3. The van der Waals surface area contributed by atoms with Crippen molar-refractivity contribution in [2.24, 2.45) is 130 Å². The molecule has 32 atom stereocenters. The molecule has 20 rings (SSSR count). The van der Waals surface area contributed by atoms with Crippen LogP contribution in [0.1, 0.15) is 398 Å². The van der Waals surface area contributed by atoms with E-state index in [4.69, 9.17) is 0 Å². The van der Waals surface area contributed by atoms with Crippen LogP contribution in [0, 0.1) is 130 Å². The maximum atomic E-state index is 3.90. The van der Waals surface area contributed by atoms with E-state index in [-0.39, 0.29) is 0 Å². The zero-order chi connectivity index (χ0) is 65.8. The van der Waals surface area contributed by atoms with E-state index in [2.05, 4.69) is 19.6 Å². The first kappa shape index (κ1) is 69.1. The van der Waals surface area contributed by atoms with Crippen molar-refractivity contribution in [1.82, 2.24) is 19.6 Å². The minimum Gasteiger partial charge on any atom is -0.294 e. The highest BCUT2D eigenvalue weighted by molar-refractivity contribution is 5.19. The molecule has 100 heavy (non-hydrogen) atoms. The third-order valence-electron chi connectivity index (χ3n) is 39.9. The predicted molar refractivity (Wildman–Crippen MR) is 416 cm³/mol. The Kier molecular flexibility index (Phi) is 21.1. The first-order valence-electron chi connectivity index (χ1n) is 48.8. The van der Waals surface area contributed by atoms with Crippen molar-refractivity contribution in [3.8, 4) is 0 Å². The van der Waals surface area contributed by atoms with E-state index in [0.29, 0.717) is 0 Å². The van der Waals surface area contributed by atoms with Crippen LogP contribution in [-0.2, 0) is 0 Å². The molecular weight excluding hydrogens is 1210 g/mol. The van der Waals surface area contributed by atoms with Crippen molar-refractivity contribution >= 4 is 0 Å². The number of hydrogen-bond acceptors (Lipinski definition) is 4. The number of hydrogen-bond donors (Lipinski definition) is 0. The number of rotatable bonds is 12. The molecule has 0 radical (unpaired) electrons. The first-order chi connectivity index (χ1) is 49.7. The van der Waals surface area contributed by atoms with Crippen molar-refractivity contribution in [2.75, 3.05) is 0 Å². The first-order valence-corrected chi connectivity index (χ1v) is 48.8. The van der Waals surface area contributed by atoms with Crippen LogP contribution in [0.3, 0.4) is 0 Å². The summed E-state index contributed by atoms with van der Waals surface area (Å²) in [5.41, 5.74) is 0. The van der Waals surface area contributed by atoms with Crippen LogP contribution in [0.2, 0.25) is 0 Å². The Labute approximate surface area is 616 Å². The van der Waals surface area contributed by atoms with Gasteiger partial charge in [0.05, 0.1) is 0 Å². The van der Waals surface area contributed by atoms with Gasteiger partial charge in [-0.15, -0.1) is 0 Å². The molecule has 0 aromatic carbocycles. The predicted octanol–water partition coefficient (Wildman–Crippen LogP) is 24.6. The average Bonchev–Trinajstić information content (AvgIpc) is 0.695. The molecular formula is C96H158N4. The van der Waals surface area contributed by atoms with Crippen molar-refractivity contribution in [2.45, 2.75) is 471 Å². The molecule has 20 aliphatic rings. The molecule has 20 saturated carbocycles. The van der Waals surface area contributed by atoms with Gasteiger partial charge in [-0.05, 0) is 271 Å². The molecule has 0 bridgehead atoms. The second-order valence-corrected chi connectivity index (χ2v) is 43.1. The van der Waals surface area contributed by atoms with E-state index >= 15 is 0 Å². The smallest absolute Gasteiger partial charge is 0.0147 e. The van der Waals surface area contributed by atoms with Crippen LogP contribution in [0.4, 0.5) is 0 Å². The molecule has 20 fully saturated rings. The standard InChI is InChI=1S/C96H158N4/c1-9-41-71-63(25-1)33-17-49-83(71)97(84-50-18-34-64-26-2-10-42-72(64)84)91-61-92(98(85-51-19-35-65-27-3-11-43-73(65)85)86-52-20-36-66-28-4-12-44-74(66)86)80-59-60-82-94(100(89-55-23-39-69-31-7-15-47-77(69)89)90-56-24-40-70-32-8-16-48-78(70)90)62-93(81-58-57-79(91)95(80)96(81)82)99(87-53-21-37-67-29-5-13-45-75(67)87)88-54-22-38-68-30-6-14-46-76(68)88/h63-96H,1-62H2. The Balaban J connectivity index is 0.793. The van der Waals surface area contributed by atoms with Crippen LogP contribution in [0.5, 0.6) is 0 Å². The second-order valence-electron chi connectivity index (χ2n) is 43.1. The summed E-state index contributed by atoms with van der Waals surface area (Å²) in [6.07, 6.45) is 98.2. The summed E-state index contributed by atoms with van der Waals surface area (Å²) in [5, 5.41) is 0. The zero-order valence-electron chi connectivity index (χ0n) is 65.3. The zero-order valence-corrected chi connectivity index (χ0v) is 65.3. The molecule has 0 saturated heterocycles. The summed E-state index contributed by atoms with van der Waals surface area (Å²) < 4.78 is 0.